The van der Waals surface area contributed by atoms with Gasteiger partial charge in [0.15, 0.2) is 22.9 Å². The Morgan fingerprint density at radius 1 is 1.11 bits per heavy atom. The monoisotopic (exact) mass is 246 g/mol. The maximum atomic E-state index is 13.4. The summed E-state index contributed by atoms with van der Waals surface area (Å²) in [7, 11) is 0. The fourth-order valence-corrected chi connectivity index (χ4v) is 1.73. The van der Waals surface area contributed by atoms with E-state index in [1.54, 1.807) is 18.2 Å². The molecule has 0 radical (unpaired) electrons. The average Bonchev–Trinajstić information content (AvgIpc) is 2.95. The molecule has 0 aliphatic carbocycles. The van der Waals surface area contributed by atoms with Gasteiger partial charge in [-0.1, -0.05) is 12.1 Å². The standard InChI is InChI=1S/C13H7FO4/c14-8-3-1-2-7-6-11(18-12(7)8)9-4-5-10(17-9)13(15)16/h1-6H,(H,15,16). The van der Waals surface area contributed by atoms with E-state index in [9.17, 15) is 9.18 Å². The van der Waals surface area contributed by atoms with Gasteiger partial charge in [-0.3, -0.25) is 0 Å². The molecule has 0 aliphatic rings. The quantitative estimate of drug-likeness (QED) is 0.751. The highest BCUT2D eigenvalue weighted by atomic mass is 19.1. The van der Waals surface area contributed by atoms with Crippen molar-refractivity contribution in [2.24, 2.45) is 0 Å². The number of para-hydroxylation sites is 1. The Labute approximate surface area is 100 Å². The minimum absolute atomic E-state index is 0.126. The second kappa shape index (κ2) is 3.73. The van der Waals surface area contributed by atoms with E-state index in [-0.39, 0.29) is 17.1 Å². The Morgan fingerprint density at radius 2 is 1.94 bits per heavy atom. The molecular formula is C13H7FO4. The number of hydrogen-bond acceptors (Lipinski definition) is 3. The number of benzene rings is 1. The van der Waals surface area contributed by atoms with Crippen molar-refractivity contribution in [3.63, 3.8) is 0 Å². The van der Waals surface area contributed by atoms with Crippen LogP contribution in [0.4, 0.5) is 4.39 Å². The first-order chi connectivity index (χ1) is 8.65. The molecule has 0 amide bonds. The van der Waals surface area contributed by atoms with Crippen LogP contribution in [0.15, 0.2) is 45.2 Å². The normalized spacial score (nSPS) is 10.9. The molecule has 0 aliphatic heterocycles. The van der Waals surface area contributed by atoms with E-state index in [0.717, 1.165) is 0 Å². The lowest BCUT2D eigenvalue weighted by molar-refractivity contribution is 0.0663. The molecule has 0 fully saturated rings. The molecule has 18 heavy (non-hydrogen) atoms. The van der Waals surface area contributed by atoms with Crippen molar-refractivity contribution in [1.82, 2.24) is 0 Å². The van der Waals surface area contributed by atoms with Gasteiger partial charge in [0.05, 0.1) is 0 Å². The predicted octanol–water partition coefficient (Wildman–Crippen LogP) is 3.53. The summed E-state index contributed by atoms with van der Waals surface area (Å²) in [5, 5.41) is 9.34. The molecule has 5 heteroatoms. The number of halogens is 1. The summed E-state index contributed by atoms with van der Waals surface area (Å²) in [6, 6.07) is 8.96. The summed E-state index contributed by atoms with van der Waals surface area (Å²) < 4.78 is 23.8. The van der Waals surface area contributed by atoms with Crippen LogP contribution in [-0.2, 0) is 0 Å². The van der Waals surface area contributed by atoms with E-state index in [0.29, 0.717) is 11.1 Å². The molecule has 0 saturated heterocycles. The summed E-state index contributed by atoms with van der Waals surface area (Å²) in [6.07, 6.45) is 0. The predicted molar refractivity (Wildman–Crippen MR) is 60.8 cm³/mol. The Hall–Kier alpha value is -2.56. The largest absolute Gasteiger partial charge is 0.475 e. The molecule has 4 nitrogen and oxygen atoms in total. The van der Waals surface area contributed by atoms with Gasteiger partial charge in [-0.25, -0.2) is 9.18 Å². The van der Waals surface area contributed by atoms with E-state index in [1.165, 1.54) is 18.2 Å². The van der Waals surface area contributed by atoms with Gasteiger partial charge in [0, 0.05) is 5.39 Å². The Bertz CT molecular complexity index is 738. The number of carbonyl (C=O) groups is 1. The van der Waals surface area contributed by atoms with Crippen molar-refractivity contribution in [3.8, 4) is 11.5 Å². The number of aromatic carboxylic acids is 1. The molecule has 3 aromatic rings. The summed E-state index contributed by atoms with van der Waals surface area (Å²) in [5.41, 5.74) is 0.126. The molecule has 90 valence electrons. The molecule has 0 atom stereocenters. The Balaban J connectivity index is 2.13. The lowest BCUT2D eigenvalue weighted by Crippen LogP contribution is -1.91. The molecular weight excluding hydrogens is 239 g/mol. The van der Waals surface area contributed by atoms with Crippen LogP contribution >= 0.6 is 0 Å². The Morgan fingerprint density at radius 3 is 2.61 bits per heavy atom. The molecule has 0 spiro atoms. The van der Waals surface area contributed by atoms with Crippen LogP contribution in [0.1, 0.15) is 10.6 Å². The van der Waals surface area contributed by atoms with Crippen molar-refractivity contribution in [2.45, 2.75) is 0 Å². The smallest absolute Gasteiger partial charge is 0.371 e. The van der Waals surface area contributed by atoms with Gasteiger partial charge < -0.3 is 13.9 Å². The van der Waals surface area contributed by atoms with Crippen molar-refractivity contribution in [1.29, 1.82) is 0 Å². The summed E-state index contributed by atoms with van der Waals surface area (Å²) in [6.45, 7) is 0. The highest BCUT2D eigenvalue weighted by Crippen LogP contribution is 2.30. The first kappa shape index (κ1) is 10.6. The highest BCUT2D eigenvalue weighted by molar-refractivity contribution is 5.86. The number of rotatable bonds is 2. The molecule has 0 bridgehead atoms. The lowest BCUT2D eigenvalue weighted by atomic mass is 10.2. The average molecular weight is 246 g/mol. The fourth-order valence-electron chi connectivity index (χ4n) is 1.73. The topological polar surface area (TPSA) is 63.6 Å². The number of carboxylic acids is 1. The van der Waals surface area contributed by atoms with Crippen LogP contribution in [-0.4, -0.2) is 11.1 Å². The maximum Gasteiger partial charge on any atom is 0.371 e. The van der Waals surface area contributed by atoms with Crippen molar-refractivity contribution in [3.05, 3.63) is 48.0 Å². The number of fused-ring (bicyclic) bond motifs is 1. The number of carboxylic acid groups (broad SMARTS) is 1. The maximum absolute atomic E-state index is 13.4. The molecule has 1 aromatic carbocycles. The van der Waals surface area contributed by atoms with Crippen molar-refractivity contribution < 1.29 is 23.1 Å². The molecule has 1 N–H and O–H groups in total. The minimum atomic E-state index is -1.16. The summed E-state index contributed by atoms with van der Waals surface area (Å²) in [5.74, 6) is -1.27. The third-order valence-electron chi connectivity index (χ3n) is 2.56. The van der Waals surface area contributed by atoms with E-state index in [4.69, 9.17) is 13.9 Å². The number of hydrogen-bond donors (Lipinski definition) is 1. The third kappa shape index (κ3) is 1.57. The van der Waals surface area contributed by atoms with Crippen LogP contribution in [0.2, 0.25) is 0 Å². The van der Waals surface area contributed by atoms with E-state index >= 15 is 0 Å². The lowest BCUT2D eigenvalue weighted by Gasteiger charge is -1.90. The van der Waals surface area contributed by atoms with Gasteiger partial charge in [0.25, 0.3) is 0 Å². The van der Waals surface area contributed by atoms with Gasteiger partial charge in [0.2, 0.25) is 5.76 Å². The third-order valence-corrected chi connectivity index (χ3v) is 2.56. The SMILES string of the molecule is O=C(O)c1ccc(-c2cc3cccc(F)c3o2)o1. The van der Waals surface area contributed by atoms with E-state index in [1.807, 2.05) is 0 Å². The second-order valence-corrected chi connectivity index (χ2v) is 3.74. The van der Waals surface area contributed by atoms with Gasteiger partial charge in [-0.2, -0.15) is 0 Å². The van der Waals surface area contributed by atoms with Gasteiger partial charge >= 0.3 is 5.97 Å². The Kier molecular flexibility index (Phi) is 2.19. The van der Waals surface area contributed by atoms with Crippen LogP contribution in [0.3, 0.4) is 0 Å². The second-order valence-electron chi connectivity index (χ2n) is 3.74. The highest BCUT2D eigenvalue weighted by Gasteiger charge is 2.15. The first-order valence-electron chi connectivity index (χ1n) is 5.17. The van der Waals surface area contributed by atoms with Gasteiger partial charge in [-0.05, 0) is 24.3 Å². The number of furan rings is 2. The summed E-state index contributed by atoms with van der Waals surface area (Å²) >= 11 is 0. The van der Waals surface area contributed by atoms with Crippen LogP contribution in [0.5, 0.6) is 0 Å². The van der Waals surface area contributed by atoms with Gasteiger partial charge in [0.1, 0.15) is 0 Å². The molecule has 0 saturated carbocycles. The molecule has 3 rings (SSSR count). The van der Waals surface area contributed by atoms with Crippen molar-refractivity contribution >= 4 is 16.9 Å². The van der Waals surface area contributed by atoms with Gasteiger partial charge in [-0.15, -0.1) is 0 Å². The zero-order valence-corrected chi connectivity index (χ0v) is 9.01. The van der Waals surface area contributed by atoms with Crippen LogP contribution in [0.25, 0.3) is 22.5 Å². The van der Waals surface area contributed by atoms with Crippen LogP contribution in [0, 0.1) is 5.82 Å². The summed E-state index contributed by atoms with van der Waals surface area (Å²) in [4.78, 5) is 10.7. The minimum Gasteiger partial charge on any atom is -0.475 e. The zero-order chi connectivity index (χ0) is 12.7. The zero-order valence-electron chi connectivity index (χ0n) is 9.01. The van der Waals surface area contributed by atoms with Crippen LogP contribution < -0.4 is 0 Å². The fraction of sp³-hybridized carbons (Fsp3) is 0. The van der Waals surface area contributed by atoms with Crippen molar-refractivity contribution in [2.75, 3.05) is 0 Å². The van der Waals surface area contributed by atoms with E-state index in [2.05, 4.69) is 0 Å². The molecule has 2 aromatic heterocycles. The molecule has 0 unspecified atom stereocenters. The first-order valence-corrected chi connectivity index (χ1v) is 5.17. The van der Waals surface area contributed by atoms with E-state index < -0.39 is 11.8 Å². The molecule has 2 heterocycles.